The molecule has 0 aromatic carbocycles. The van der Waals surface area contributed by atoms with Gasteiger partial charge in [0, 0.05) is 19.0 Å². The number of carbonyl (C=O) groups is 1. The van der Waals surface area contributed by atoms with Crippen molar-refractivity contribution in [2.24, 2.45) is 0 Å². The van der Waals surface area contributed by atoms with Crippen molar-refractivity contribution in [1.82, 2.24) is 10.3 Å². The average molecular weight is 313 g/mol. The van der Waals surface area contributed by atoms with Crippen molar-refractivity contribution in [2.75, 3.05) is 6.61 Å². The topological polar surface area (TPSA) is 75.0 Å². The molecule has 1 N–H and O–H groups in total. The molecular weight excluding hydrogens is 298 g/mol. The summed E-state index contributed by atoms with van der Waals surface area (Å²) < 4.78 is 5.85. The lowest BCUT2D eigenvalue weighted by Gasteiger charge is -2.32. The Morgan fingerprint density at radius 1 is 1.36 bits per heavy atom. The van der Waals surface area contributed by atoms with Crippen molar-refractivity contribution in [2.45, 2.75) is 25.0 Å². The molecule has 1 aliphatic rings. The predicted octanol–water partition coefficient (Wildman–Crippen LogP) is 2.66. The van der Waals surface area contributed by atoms with Crippen LogP contribution in [0.1, 0.15) is 39.1 Å². The van der Waals surface area contributed by atoms with E-state index in [0.717, 1.165) is 18.4 Å². The Bertz CT molecular complexity index is 693. The van der Waals surface area contributed by atoms with E-state index in [1.807, 2.05) is 18.2 Å². The SMILES string of the molecule is N#Cc1ccc(C(=O)N[C@H]2CCCO[C@@H]2c2ccncc2)s1. The van der Waals surface area contributed by atoms with Gasteiger partial charge in [-0.2, -0.15) is 5.26 Å². The average Bonchev–Trinajstić information content (AvgIpc) is 3.05. The molecule has 0 aliphatic carbocycles. The fourth-order valence-electron chi connectivity index (χ4n) is 2.57. The standard InChI is InChI=1S/C16H15N3O2S/c17-10-12-3-4-14(22-12)16(20)19-13-2-1-9-21-15(13)11-5-7-18-8-6-11/h3-8,13,15H,1-2,9H2,(H,19,20)/t13-,15+/m0/s1. The zero-order valence-corrected chi connectivity index (χ0v) is 12.7. The van der Waals surface area contributed by atoms with Crippen LogP contribution in [0.25, 0.3) is 0 Å². The zero-order chi connectivity index (χ0) is 15.4. The van der Waals surface area contributed by atoms with Crippen LogP contribution >= 0.6 is 11.3 Å². The van der Waals surface area contributed by atoms with Crippen LogP contribution in [0.15, 0.2) is 36.7 Å². The maximum atomic E-state index is 12.3. The normalized spacial score (nSPS) is 21.0. The number of hydrogen-bond acceptors (Lipinski definition) is 5. The first-order valence-electron chi connectivity index (χ1n) is 7.10. The molecule has 1 aliphatic heterocycles. The number of thiophene rings is 1. The molecule has 2 aromatic heterocycles. The summed E-state index contributed by atoms with van der Waals surface area (Å²) in [4.78, 5) is 17.4. The maximum absolute atomic E-state index is 12.3. The Morgan fingerprint density at radius 2 is 2.18 bits per heavy atom. The van der Waals surface area contributed by atoms with E-state index in [1.54, 1.807) is 24.5 Å². The van der Waals surface area contributed by atoms with Crippen molar-refractivity contribution < 1.29 is 9.53 Å². The minimum Gasteiger partial charge on any atom is -0.371 e. The first kappa shape index (κ1) is 14.7. The fraction of sp³-hybridized carbons (Fsp3) is 0.312. The Morgan fingerprint density at radius 3 is 2.91 bits per heavy atom. The highest BCUT2D eigenvalue weighted by molar-refractivity contribution is 7.14. The number of nitriles is 1. The van der Waals surface area contributed by atoms with E-state index in [0.29, 0.717) is 16.4 Å². The second-order valence-electron chi connectivity index (χ2n) is 5.07. The van der Waals surface area contributed by atoms with Gasteiger partial charge >= 0.3 is 0 Å². The number of aromatic nitrogens is 1. The molecule has 2 aromatic rings. The van der Waals surface area contributed by atoms with Crippen LogP contribution in [0, 0.1) is 11.3 Å². The minimum atomic E-state index is -0.156. The lowest BCUT2D eigenvalue weighted by Crippen LogP contribution is -2.42. The maximum Gasteiger partial charge on any atom is 0.261 e. The Hall–Kier alpha value is -2.23. The highest BCUT2D eigenvalue weighted by atomic mass is 32.1. The molecule has 0 radical (unpaired) electrons. The number of nitrogens with zero attached hydrogens (tertiary/aromatic N) is 2. The lowest BCUT2D eigenvalue weighted by molar-refractivity contribution is -0.00945. The number of carbonyl (C=O) groups excluding carboxylic acids is 1. The van der Waals surface area contributed by atoms with E-state index < -0.39 is 0 Å². The lowest BCUT2D eigenvalue weighted by atomic mass is 9.96. The number of ether oxygens (including phenoxy) is 1. The van der Waals surface area contributed by atoms with Gasteiger partial charge in [0.2, 0.25) is 0 Å². The van der Waals surface area contributed by atoms with Gasteiger partial charge in [-0.15, -0.1) is 11.3 Å². The third-order valence-electron chi connectivity index (χ3n) is 3.61. The van der Waals surface area contributed by atoms with Gasteiger partial charge in [0.15, 0.2) is 0 Å². The molecular formula is C16H15N3O2S. The van der Waals surface area contributed by atoms with Crippen LogP contribution in [0.5, 0.6) is 0 Å². The predicted molar refractivity (Wildman–Crippen MR) is 82.5 cm³/mol. The summed E-state index contributed by atoms with van der Waals surface area (Å²) >= 11 is 1.20. The highest BCUT2D eigenvalue weighted by Gasteiger charge is 2.29. The molecule has 2 atom stereocenters. The number of hydrogen-bond donors (Lipinski definition) is 1. The minimum absolute atomic E-state index is 0.0729. The second kappa shape index (κ2) is 6.69. The van der Waals surface area contributed by atoms with Crippen molar-refractivity contribution in [3.8, 4) is 6.07 Å². The molecule has 0 bridgehead atoms. The monoisotopic (exact) mass is 313 g/mol. The molecule has 112 valence electrons. The Kier molecular flexibility index (Phi) is 4.47. The highest BCUT2D eigenvalue weighted by Crippen LogP contribution is 2.28. The molecule has 1 saturated heterocycles. The van der Waals surface area contributed by atoms with Crippen molar-refractivity contribution >= 4 is 17.2 Å². The third-order valence-corrected chi connectivity index (χ3v) is 4.60. The van der Waals surface area contributed by atoms with Gasteiger partial charge in [-0.3, -0.25) is 9.78 Å². The third kappa shape index (κ3) is 3.16. The fourth-order valence-corrected chi connectivity index (χ4v) is 3.28. The van der Waals surface area contributed by atoms with E-state index in [-0.39, 0.29) is 18.1 Å². The van der Waals surface area contributed by atoms with Gasteiger partial charge in [0.1, 0.15) is 17.1 Å². The summed E-state index contributed by atoms with van der Waals surface area (Å²) in [6.45, 7) is 0.691. The summed E-state index contributed by atoms with van der Waals surface area (Å²) in [5.41, 5.74) is 1.02. The van der Waals surface area contributed by atoms with Crippen molar-refractivity contribution in [1.29, 1.82) is 5.26 Å². The smallest absolute Gasteiger partial charge is 0.261 e. The van der Waals surface area contributed by atoms with Crippen molar-refractivity contribution in [3.05, 3.63) is 52.0 Å². The van der Waals surface area contributed by atoms with E-state index in [9.17, 15) is 4.79 Å². The molecule has 6 heteroatoms. The number of rotatable bonds is 3. The molecule has 3 rings (SSSR count). The van der Waals surface area contributed by atoms with Crippen LogP contribution in [0.2, 0.25) is 0 Å². The van der Waals surface area contributed by atoms with E-state index >= 15 is 0 Å². The molecule has 3 heterocycles. The summed E-state index contributed by atoms with van der Waals surface area (Å²) in [7, 11) is 0. The van der Waals surface area contributed by atoms with Crippen LogP contribution in [-0.4, -0.2) is 23.5 Å². The number of pyridine rings is 1. The number of nitrogens with one attached hydrogen (secondary N) is 1. The van der Waals surface area contributed by atoms with Gasteiger partial charge in [-0.05, 0) is 42.7 Å². The first-order chi connectivity index (χ1) is 10.8. The molecule has 1 fully saturated rings. The van der Waals surface area contributed by atoms with Gasteiger partial charge in [0.25, 0.3) is 5.91 Å². The molecule has 1 amide bonds. The van der Waals surface area contributed by atoms with Crippen molar-refractivity contribution in [3.63, 3.8) is 0 Å². The van der Waals surface area contributed by atoms with Gasteiger partial charge in [-0.25, -0.2) is 0 Å². The molecule has 0 saturated carbocycles. The van der Waals surface area contributed by atoms with Gasteiger partial charge < -0.3 is 10.1 Å². The second-order valence-corrected chi connectivity index (χ2v) is 6.15. The molecule has 0 spiro atoms. The molecule has 5 nitrogen and oxygen atoms in total. The van der Waals surface area contributed by atoms with E-state index in [2.05, 4.69) is 10.3 Å². The van der Waals surface area contributed by atoms with Crippen LogP contribution < -0.4 is 5.32 Å². The number of amides is 1. The van der Waals surface area contributed by atoms with Crippen LogP contribution in [-0.2, 0) is 4.74 Å². The largest absolute Gasteiger partial charge is 0.371 e. The quantitative estimate of drug-likeness (QED) is 0.945. The Balaban J connectivity index is 1.74. The van der Waals surface area contributed by atoms with Gasteiger partial charge in [-0.1, -0.05) is 0 Å². The first-order valence-corrected chi connectivity index (χ1v) is 7.92. The van der Waals surface area contributed by atoms with E-state index in [4.69, 9.17) is 10.00 Å². The summed E-state index contributed by atoms with van der Waals surface area (Å²) in [5.74, 6) is -0.152. The van der Waals surface area contributed by atoms with E-state index in [1.165, 1.54) is 11.3 Å². The van der Waals surface area contributed by atoms with Crippen LogP contribution in [0.3, 0.4) is 0 Å². The summed E-state index contributed by atoms with van der Waals surface area (Å²) in [5, 5.41) is 11.9. The van der Waals surface area contributed by atoms with Gasteiger partial charge in [0.05, 0.1) is 10.9 Å². The summed E-state index contributed by atoms with van der Waals surface area (Å²) in [6, 6.07) is 9.14. The Labute approximate surface area is 132 Å². The molecule has 0 unspecified atom stereocenters. The van der Waals surface area contributed by atoms with Crippen LogP contribution in [0.4, 0.5) is 0 Å². The molecule has 22 heavy (non-hydrogen) atoms. The summed E-state index contributed by atoms with van der Waals surface area (Å²) in [6.07, 6.45) is 5.08. The zero-order valence-electron chi connectivity index (χ0n) is 11.9.